The summed E-state index contributed by atoms with van der Waals surface area (Å²) in [4.78, 5) is 16.2. The fourth-order valence-corrected chi connectivity index (χ4v) is 2.83. The molecule has 0 aliphatic heterocycles. The summed E-state index contributed by atoms with van der Waals surface area (Å²) in [6.45, 7) is 0.438. The van der Waals surface area contributed by atoms with Gasteiger partial charge in [0.15, 0.2) is 0 Å². The van der Waals surface area contributed by atoms with Gasteiger partial charge in [-0.3, -0.25) is 4.79 Å². The summed E-state index contributed by atoms with van der Waals surface area (Å²) >= 11 is 1.43. The van der Waals surface area contributed by atoms with Crippen LogP contribution in [0.25, 0.3) is 0 Å². The first-order valence-electron chi connectivity index (χ1n) is 6.11. The number of amides is 1. The van der Waals surface area contributed by atoms with E-state index in [9.17, 15) is 9.90 Å². The molecular weight excluding hydrogens is 252 g/mol. The third-order valence-electron chi connectivity index (χ3n) is 3.08. The molecule has 1 aliphatic carbocycles. The largest absolute Gasteiger partial charge is 0.393 e. The maximum absolute atomic E-state index is 11.9. The van der Waals surface area contributed by atoms with Crippen molar-refractivity contribution in [3.63, 3.8) is 0 Å². The zero-order valence-electron chi connectivity index (χ0n) is 10.4. The molecule has 5 nitrogen and oxygen atoms in total. The van der Waals surface area contributed by atoms with E-state index in [2.05, 4.69) is 10.3 Å². The molecule has 18 heavy (non-hydrogen) atoms. The first-order valence-corrected chi connectivity index (χ1v) is 6.99. The molecule has 0 unspecified atom stereocenters. The number of aliphatic hydroxyl groups excluding tert-OH is 1. The Morgan fingerprint density at radius 2 is 2.28 bits per heavy atom. The second kappa shape index (κ2) is 6.26. The van der Waals surface area contributed by atoms with E-state index >= 15 is 0 Å². The van der Waals surface area contributed by atoms with E-state index in [0.29, 0.717) is 12.3 Å². The van der Waals surface area contributed by atoms with Crippen LogP contribution in [0.5, 0.6) is 0 Å². The number of hydrogen-bond acceptors (Lipinski definition) is 5. The van der Waals surface area contributed by atoms with Crippen molar-refractivity contribution in [3.8, 4) is 0 Å². The number of methoxy groups -OCH3 is 1. The number of hydrogen-bond donors (Lipinski definition) is 2. The second-order valence-corrected chi connectivity index (χ2v) is 5.48. The molecule has 1 saturated carbocycles. The SMILES string of the molecule is COCc1nc(C(=O)NC2CCC(O)CC2)cs1. The summed E-state index contributed by atoms with van der Waals surface area (Å²) in [6, 6.07) is 0.161. The Bertz CT molecular complexity index is 400. The lowest BCUT2D eigenvalue weighted by Crippen LogP contribution is -2.38. The fraction of sp³-hybridized carbons (Fsp3) is 0.667. The number of aromatic nitrogens is 1. The summed E-state index contributed by atoms with van der Waals surface area (Å²) in [6.07, 6.45) is 2.99. The number of nitrogens with one attached hydrogen (secondary N) is 1. The van der Waals surface area contributed by atoms with Crippen molar-refractivity contribution >= 4 is 17.2 Å². The quantitative estimate of drug-likeness (QED) is 0.865. The first kappa shape index (κ1) is 13.5. The zero-order chi connectivity index (χ0) is 13.0. The molecule has 2 N–H and O–H groups in total. The molecule has 0 radical (unpaired) electrons. The molecule has 2 rings (SSSR count). The highest BCUT2D eigenvalue weighted by Crippen LogP contribution is 2.19. The third kappa shape index (κ3) is 3.51. The maximum Gasteiger partial charge on any atom is 0.270 e. The number of thiazole rings is 1. The van der Waals surface area contributed by atoms with E-state index in [1.807, 2.05) is 0 Å². The molecular formula is C12H18N2O3S. The molecule has 6 heteroatoms. The van der Waals surface area contributed by atoms with Crippen LogP contribution in [0.2, 0.25) is 0 Å². The van der Waals surface area contributed by atoms with Crippen molar-refractivity contribution in [3.05, 3.63) is 16.1 Å². The average molecular weight is 270 g/mol. The number of rotatable bonds is 4. The van der Waals surface area contributed by atoms with Crippen LogP contribution in [0.15, 0.2) is 5.38 Å². The van der Waals surface area contributed by atoms with E-state index in [1.165, 1.54) is 11.3 Å². The Morgan fingerprint density at radius 1 is 1.56 bits per heavy atom. The van der Waals surface area contributed by atoms with E-state index in [4.69, 9.17) is 4.74 Å². The molecule has 100 valence electrons. The summed E-state index contributed by atoms with van der Waals surface area (Å²) in [7, 11) is 1.61. The van der Waals surface area contributed by atoms with Crippen molar-refractivity contribution in [2.45, 2.75) is 44.4 Å². The minimum atomic E-state index is -0.203. The molecule has 0 saturated heterocycles. The van der Waals surface area contributed by atoms with Crippen molar-refractivity contribution in [2.75, 3.05) is 7.11 Å². The van der Waals surface area contributed by atoms with Crippen LogP contribution >= 0.6 is 11.3 Å². The summed E-state index contributed by atoms with van der Waals surface area (Å²) < 4.78 is 4.97. The number of carbonyl (C=O) groups is 1. The Kier molecular flexibility index (Phi) is 4.68. The predicted molar refractivity (Wildman–Crippen MR) is 68.6 cm³/mol. The molecule has 1 amide bonds. The van der Waals surface area contributed by atoms with Crippen LogP contribution in [0.1, 0.15) is 41.2 Å². The van der Waals surface area contributed by atoms with Crippen LogP contribution in [-0.4, -0.2) is 35.3 Å². The van der Waals surface area contributed by atoms with Crippen LogP contribution in [0, 0.1) is 0 Å². The normalized spacial score (nSPS) is 23.9. The van der Waals surface area contributed by atoms with Gasteiger partial charge in [-0.15, -0.1) is 11.3 Å². The molecule has 0 bridgehead atoms. The van der Waals surface area contributed by atoms with Gasteiger partial charge in [0, 0.05) is 18.5 Å². The van der Waals surface area contributed by atoms with Gasteiger partial charge in [-0.2, -0.15) is 0 Å². The highest BCUT2D eigenvalue weighted by Gasteiger charge is 2.22. The van der Waals surface area contributed by atoms with E-state index in [0.717, 1.165) is 30.7 Å². The minimum absolute atomic E-state index is 0.130. The molecule has 1 heterocycles. The van der Waals surface area contributed by atoms with Gasteiger partial charge in [0.2, 0.25) is 0 Å². The van der Waals surface area contributed by atoms with Gasteiger partial charge < -0.3 is 15.2 Å². The van der Waals surface area contributed by atoms with Gasteiger partial charge in [-0.25, -0.2) is 4.98 Å². The molecule has 0 atom stereocenters. The standard InChI is InChI=1S/C12H18N2O3S/c1-17-6-11-14-10(7-18-11)12(16)13-8-2-4-9(15)5-3-8/h7-9,15H,2-6H2,1H3,(H,13,16). The molecule has 0 spiro atoms. The molecule has 1 fully saturated rings. The van der Waals surface area contributed by atoms with E-state index < -0.39 is 0 Å². The molecule has 1 aromatic rings. The first-order chi connectivity index (χ1) is 8.69. The minimum Gasteiger partial charge on any atom is -0.393 e. The van der Waals surface area contributed by atoms with Gasteiger partial charge in [0.25, 0.3) is 5.91 Å². The number of ether oxygens (including phenoxy) is 1. The summed E-state index contributed by atoms with van der Waals surface area (Å²) in [5.74, 6) is -0.130. The Morgan fingerprint density at radius 3 is 2.94 bits per heavy atom. The maximum atomic E-state index is 11.9. The topological polar surface area (TPSA) is 71.5 Å². The van der Waals surface area contributed by atoms with Gasteiger partial charge in [-0.1, -0.05) is 0 Å². The second-order valence-electron chi connectivity index (χ2n) is 4.54. The summed E-state index contributed by atoms with van der Waals surface area (Å²) in [5, 5.41) is 14.9. The lowest BCUT2D eigenvalue weighted by molar-refractivity contribution is 0.0863. The van der Waals surface area contributed by atoms with E-state index in [-0.39, 0.29) is 18.1 Å². The predicted octanol–water partition coefficient (Wildman–Crippen LogP) is 1.32. The lowest BCUT2D eigenvalue weighted by Gasteiger charge is -2.25. The van der Waals surface area contributed by atoms with Crippen molar-refractivity contribution in [2.24, 2.45) is 0 Å². The third-order valence-corrected chi connectivity index (χ3v) is 3.91. The monoisotopic (exact) mass is 270 g/mol. The van der Waals surface area contributed by atoms with Crippen molar-refractivity contribution in [1.82, 2.24) is 10.3 Å². The summed E-state index contributed by atoms with van der Waals surface area (Å²) in [5.41, 5.74) is 0.457. The van der Waals surface area contributed by atoms with Crippen LogP contribution in [-0.2, 0) is 11.3 Å². The fourth-order valence-electron chi connectivity index (χ4n) is 2.08. The lowest BCUT2D eigenvalue weighted by atomic mass is 9.93. The van der Waals surface area contributed by atoms with Crippen LogP contribution < -0.4 is 5.32 Å². The number of carbonyl (C=O) groups excluding carboxylic acids is 1. The number of aliphatic hydroxyl groups is 1. The average Bonchev–Trinajstić information content (AvgIpc) is 2.81. The highest BCUT2D eigenvalue weighted by atomic mass is 32.1. The number of nitrogens with zero attached hydrogens (tertiary/aromatic N) is 1. The molecule has 1 aliphatic rings. The Balaban J connectivity index is 1.86. The Labute approximate surface area is 110 Å². The van der Waals surface area contributed by atoms with Gasteiger partial charge in [-0.05, 0) is 25.7 Å². The zero-order valence-corrected chi connectivity index (χ0v) is 11.2. The Hall–Kier alpha value is -0.980. The van der Waals surface area contributed by atoms with Gasteiger partial charge >= 0.3 is 0 Å². The van der Waals surface area contributed by atoms with Crippen LogP contribution in [0.3, 0.4) is 0 Å². The van der Waals surface area contributed by atoms with Gasteiger partial charge in [0.1, 0.15) is 10.7 Å². The highest BCUT2D eigenvalue weighted by molar-refractivity contribution is 7.09. The smallest absolute Gasteiger partial charge is 0.270 e. The van der Waals surface area contributed by atoms with E-state index in [1.54, 1.807) is 12.5 Å². The molecule has 0 aromatic carbocycles. The van der Waals surface area contributed by atoms with Gasteiger partial charge in [0.05, 0.1) is 12.7 Å². The van der Waals surface area contributed by atoms with Crippen molar-refractivity contribution < 1.29 is 14.6 Å². The van der Waals surface area contributed by atoms with Crippen molar-refractivity contribution in [1.29, 1.82) is 0 Å². The molecule has 1 aromatic heterocycles. The van der Waals surface area contributed by atoms with Crippen LogP contribution in [0.4, 0.5) is 0 Å².